The van der Waals surface area contributed by atoms with Crippen molar-refractivity contribution in [2.24, 2.45) is 0 Å². The van der Waals surface area contributed by atoms with E-state index >= 15 is 0 Å². The predicted octanol–water partition coefficient (Wildman–Crippen LogP) is 4.08. The number of amides is 1. The van der Waals surface area contributed by atoms with E-state index in [-0.39, 0.29) is 5.91 Å². The normalized spacial score (nSPS) is 10.2. The molecule has 0 aliphatic heterocycles. The van der Waals surface area contributed by atoms with Crippen molar-refractivity contribution in [2.75, 3.05) is 19.5 Å². The molecule has 3 rings (SSSR count). The van der Waals surface area contributed by atoms with Crippen LogP contribution in [0.15, 0.2) is 54.6 Å². The summed E-state index contributed by atoms with van der Waals surface area (Å²) in [6.45, 7) is 0. The van der Waals surface area contributed by atoms with Crippen LogP contribution in [0.25, 0.3) is 11.3 Å². The maximum Gasteiger partial charge on any atom is 0.256 e. The lowest BCUT2D eigenvalue weighted by Crippen LogP contribution is -2.10. The molecule has 24 heavy (non-hydrogen) atoms. The van der Waals surface area contributed by atoms with E-state index in [0.29, 0.717) is 16.3 Å². The van der Waals surface area contributed by atoms with Gasteiger partial charge in [0.1, 0.15) is 16.5 Å². The molecule has 122 valence electrons. The number of carbonyl (C=O) groups is 1. The molecule has 1 amide bonds. The highest BCUT2D eigenvalue weighted by Gasteiger charge is 2.10. The summed E-state index contributed by atoms with van der Waals surface area (Å²) in [4.78, 5) is 12.3. The predicted molar refractivity (Wildman–Crippen MR) is 95.0 cm³/mol. The molecule has 5 nitrogen and oxygen atoms in total. The smallest absolute Gasteiger partial charge is 0.256 e. The molecule has 0 saturated carbocycles. The molecule has 0 spiro atoms. The van der Waals surface area contributed by atoms with Gasteiger partial charge >= 0.3 is 0 Å². The fourth-order valence-electron chi connectivity index (χ4n) is 2.16. The molecule has 0 unspecified atom stereocenters. The summed E-state index contributed by atoms with van der Waals surface area (Å²) in [6.07, 6.45) is 0. The van der Waals surface area contributed by atoms with Gasteiger partial charge < -0.3 is 14.8 Å². The fraction of sp³-hybridized carbons (Fsp3) is 0.111. The van der Waals surface area contributed by atoms with E-state index in [1.165, 1.54) is 11.5 Å². The Morgan fingerprint density at radius 1 is 0.958 bits per heavy atom. The second-order valence-electron chi connectivity index (χ2n) is 4.99. The number of hydrogen-bond donors (Lipinski definition) is 1. The van der Waals surface area contributed by atoms with Crippen LogP contribution in [-0.2, 0) is 0 Å². The number of carbonyl (C=O) groups excluding carboxylic acids is 1. The Balaban J connectivity index is 1.71. The molecule has 0 aliphatic rings. The number of methoxy groups -OCH3 is 2. The van der Waals surface area contributed by atoms with Crippen molar-refractivity contribution in [1.29, 1.82) is 0 Å². The number of nitrogens with zero attached hydrogens (tertiary/aromatic N) is 1. The summed E-state index contributed by atoms with van der Waals surface area (Å²) < 4.78 is 14.6. The average molecular weight is 340 g/mol. The highest BCUT2D eigenvalue weighted by atomic mass is 32.1. The molecule has 0 aliphatic carbocycles. The number of hydrogen-bond acceptors (Lipinski definition) is 5. The molecule has 2 aromatic carbocycles. The summed E-state index contributed by atoms with van der Waals surface area (Å²) in [6, 6.07) is 16.4. The molecule has 1 heterocycles. The van der Waals surface area contributed by atoms with Gasteiger partial charge in [-0.3, -0.25) is 4.79 Å². The second-order valence-corrected chi connectivity index (χ2v) is 5.79. The number of anilines is 1. The van der Waals surface area contributed by atoms with Gasteiger partial charge in [0.2, 0.25) is 0 Å². The highest BCUT2D eigenvalue weighted by Crippen LogP contribution is 2.27. The fourth-order valence-corrected chi connectivity index (χ4v) is 2.82. The Morgan fingerprint density at radius 3 is 2.12 bits per heavy atom. The molecule has 6 heteroatoms. The lowest BCUT2D eigenvalue weighted by Gasteiger charge is -2.03. The zero-order chi connectivity index (χ0) is 16.9. The molecule has 0 radical (unpaired) electrons. The monoisotopic (exact) mass is 340 g/mol. The van der Waals surface area contributed by atoms with Gasteiger partial charge in [0, 0.05) is 17.2 Å². The van der Waals surface area contributed by atoms with E-state index in [2.05, 4.69) is 9.69 Å². The Bertz CT molecular complexity index is 826. The van der Waals surface area contributed by atoms with Crippen molar-refractivity contribution in [2.45, 2.75) is 0 Å². The van der Waals surface area contributed by atoms with E-state index in [1.54, 1.807) is 38.5 Å². The van der Waals surface area contributed by atoms with Crippen LogP contribution < -0.4 is 14.8 Å². The van der Waals surface area contributed by atoms with E-state index < -0.39 is 0 Å². The number of nitrogens with one attached hydrogen (secondary N) is 1. The van der Waals surface area contributed by atoms with Crippen LogP contribution in [-0.4, -0.2) is 24.5 Å². The molecule has 3 aromatic rings. The average Bonchev–Trinajstić information content (AvgIpc) is 3.10. The van der Waals surface area contributed by atoms with Gasteiger partial charge in [-0.1, -0.05) is 0 Å². The maximum absolute atomic E-state index is 12.3. The van der Waals surface area contributed by atoms with Crippen LogP contribution in [0.5, 0.6) is 11.5 Å². The Labute approximate surface area is 144 Å². The van der Waals surface area contributed by atoms with Gasteiger partial charge in [0.25, 0.3) is 5.91 Å². The first kappa shape index (κ1) is 16.0. The second kappa shape index (κ2) is 7.14. The molecule has 1 N–H and O–H groups in total. The summed E-state index contributed by atoms with van der Waals surface area (Å²) in [5.41, 5.74) is 2.35. The van der Waals surface area contributed by atoms with Crippen LogP contribution in [0.3, 0.4) is 0 Å². The third-order valence-electron chi connectivity index (χ3n) is 3.48. The largest absolute Gasteiger partial charge is 0.497 e. The number of ether oxygens (including phenoxy) is 2. The molecule has 0 fully saturated rings. The zero-order valence-electron chi connectivity index (χ0n) is 13.3. The maximum atomic E-state index is 12.3. The zero-order valence-corrected chi connectivity index (χ0v) is 14.1. The molecule has 0 bridgehead atoms. The minimum Gasteiger partial charge on any atom is -0.497 e. The third-order valence-corrected chi connectivity index (χ3v) is 4.19. The van der Waals surface area contributed by atoms with Crippen molar-refractivity contribution in [3.05, 3.63) is 60.2 Å². The first-order chi connectivity index (χ1) is 11.7. The third kappa shape index (κ3) is 3.55. The van der Waals surface area contributed by atoms with Gasteiger partial charge in [0.15, 0.2) is 0 Å². The standard InChI is InChI=1S/C18H16N2O3S/c1-22-14-7-3-12(4-8-14)16-11-17(24-20-16)19-18(21)13-5-9-15(23-2)10-6-13/h3-11H,1-2H3,(H,19,21). The SMILES string of the molecule is COc1ccc(C(=O)Nc2cc(-c3ccc(OC)cc3)ns2)cc1. The van der Waals surface area contributed by atoms with Gasteiger partial charge in [-0.25, -0.2) is 0 Å². The van der Waals surface area contributed by atoms with E-state index in [1.807, 2.05) is 30.3 Å². The Morgan fingerprint density at radius 2 is 1.54 bits per heavy atom. The summed E-state index contributed by atoms with van der Waals surface area (Å²) in [5, 5.41) is 3.56. The summed E-state index contributed by atoms with van der Waals surface area (Å²) in [5.74, 6) is 1.33. The van der Waals surface area contributed by atoms with Crippen LogP contribution in [0, 0.1) is 0 Å². The van der Waals surface area contributed by atoms with Crippen molar-refractivity contribution in [3.8, 4) is 22.8 Å². The van der Waals surface area contributed by atoms with Crippen molar-refractivity contribution in [1.82, 2.24) is 4.37 Å². The van der Waals surface area contributed by atoms with Gasteiger partial charge in [0.05, 0.1) is 19.9 Å². The minimum atomic E-state index is -0.178. The van der Waals surface area contributed by atoms with E-state index in [0.717, 1.165) is 17.0 Å². The van der Waals surface area contributed by atoms with Crippen molar-refractivity contribution in [3.63, 3.8) is 0 Å². The highest BCUT2D eigenvalue weighted by molar-refractivity contribution is 7.10. The molecule has 0 saturated heterocycles. The van der Waals surface area contributed by atoms with E-state index in [4.69, 9.17) is 9.47 Å². The van der Waals surface area contributed by atoms with Gasteiger partial charge in [-0.2, -0.15) is 4.37 Å². The molecular weight excluding hydrogens is 324 g/mol. The van der Waals surface area contributed by atoms with Gasteiger partial charge in [-0.15, -0.1) is 0 Å². The molecule has 1 aromatic heterocycles. The van der Waals surface area contributed by atoms with Crippen LogP contribution >= 0.6 is 11.5 Å². The Hall–Kier alpha value is -2.86. The molecular formula is C18H16N2O3S. The number of aromatic nitrogens is 1. The number of rotatable bonds is 5. The van der Waals surface area contributed by atoms with Crippen LogP contribution in [0.1, 0.15) is 10.4 Å². The minimum absolute atomic E-state index is 0.178. The van der Waals surface area contributed by atoms with Crippen molar-refractivity contribution >= 4 is 22.4 Å². The number of benzene rings is 2. The molecule has 0 atom stereocenters. The topological polar surface area (TPSA) is 60.5 Å². The first-order valence-corrected chi connectivity index (χ1v) is 8.03. The first-order valence-electron chi connectivity index (χ1n) is 7.26. The van der Waals surface area contributed by atoms with Crippen LogP contribution in [0.2, 0.25) is 0 Å². The lowest BCUT2D eigenvalue weighted by atomic mass is 10.1. The Kier molecular flexibility index (Phi) is 4.77. The summed E-state index contributed by atoms with van der Waals surface area (Å²) >= 11 is 1.25. The van der Waals surface area contributed by atoms with E-state index in [9.17, 15) is 4.79 Å². The van der Waals surface area contributed by atoms with Crippen LogP contribution in [0.4, 0.5) is 5.00 Å². The van der Waals surface area contributed by atoms with Crippen molar-refractivity contribution < 1.29 is 14.3 Å². The quantitative estimate of drug-likeness (QED) is 0.760. The van der Waals surface area contributed by atoms with Gasteiger partial charge in [-0.05, 0) is 60.1 Å². The summed E-state index contributed by atoms with van der Waals surface area (Å²) in [7, 11) is 3.22. The lowest BCUT2D eigenvalue weighted by molar-refractivity contribution is 0.102.